The SMILES string of the molecule is Cc1ccncc1NC(=O)N(CC(=O)O)CC(F)(F)F. The molecule has 9 heteroatoms. The van der Waals surface area contributed by atoms with Crippen LogP contribution in [-0.2, 0) is 4.79 Å². The molecule has 0 bridgehead atoms. The van der Waals surface area contributed by atoms with Gasteiger partial charge < -0.3 is 15.3 Å². The first kappa shape index (κ1) is 15.7. The molecule has 0 unspecified atom stereocenters. The van der Waals surface area contributed by atoms with E-state index in [1.807, 2.05) is 0 Å². The minimum absolute atomic E-state index is 0.161. The van der Waals surface area contributed by atoms with E-state index in [-0.39, 0.29) is 10.6 Å². The molecular formula is C11H12F3N3O3. The van der Waals surface area contributed by atoms with E-state index >= 15 is 0 Å². The quantitative estimate of drug-likeness (QED) is 0.887. The summed E-state index contributed by atoms with van der Waals surface area (Å²) in [5.74, 6) is -1.53. The topological polar surface area (TPSA) is 82.5 Å². The summed E-state index contributed by atoms with van der Waals surface area (Å²) >= 11 is 0. The van der Waals surface area contributed by atoms with Crippen LogP contribution >= 0.6 is 0 Å². The first-order chi connectivity index (χ1) is 9.19. The number of hydrogen-bond acceptors (Lipinski definition) is 3. The molecule has 2 amide bonds. The largest absolute Gasteiger partial charge is 0.480 e. The predicted molar refractivity (Wildman–Crippen MR) is 63.3 cm³/mol. The van der Waals surface area contributed by atoms with E-state index in [0.29, 0.717) is 5.56 Å². The normalized spacial score (nSPS) is 11.0. The van der Waals surface area contributed by atoms with Crippen molar-refractivity contribution < 1.29 is 27.9 Å². The van der Waals surface area contributed by atoms with Gasteiger partial charge in [-0.25, -0.2) is 4.79 Å². The molecular weight excluding hydrogens is 279 g/mol. The van der Waals surface area contributed by atoms with Crippen LogP contribution in [0.4, 0.5) is 23.7 Å². The lowest BCUT2D eigenvalue weighted by Crippen LogP contribution is -2.44. The minimum Gasteiger partial charge on any atom is -0.480 e. The molecule has 110 valence electrons. The average molecular weight is 291 g/mol. The number of nitrogens with zero attached hydrogens (tertiary/aromatic N) is 2. The number of rotatable bonds is 4. The molecule has 20 heavy (non-hydrogen) atoms. The number of carbonyl (C=O) groups is 2. The highest BCUT2D eigenvalue weighted by molar-refractivity contribution is 5.91. The molecule has 0 spiro atoms. The first-order valence-corrected chi connectivity index (χ1v) is 5.44. The van der Waals surface area contributed by atoms with Crippen LogP contribution in [0.3, 0.4) is 0 Å². The Labute approximate surface area is 112 Å². The number of aliphatic carboxylic acids is 1. The molecule has 0 aliphatic rings. The summed E-state index contributed by atoms with van der Waals surface area (Å²) in [7, 11) is 0. The maximum atomic E-state index is 12.3. The number of aryl methyl sites for hydroxylation is 1. The molecule has 0 aliphatic carbocycles. The number of alkyl halides is 3. The molecule has 0 fully saturated rings. The number of carbonyl (C=O) groups excluding carboxylic acids is 1. The summed E-state index contributed by atoms with van der Waals surface area (Å²) in [4.78, 5) is 26.1. The van der Waals surface area contributed by atoms with Gasteiger partial charge in [0.15, 0.2) is 0 Å². The zero-order valence-electron chi connectivity index (χ0n) is 10.4. The van der Waals surface area contributed by atoms with Crippen molar-refractivity contribution in [3.05, 3.63) is 24.0 Å². The number of amides is 2. The molecule has 0 saturated carbocycles. The Hall–Kier alpha value is -2.32. The van der Waals surface area contributed by atoms with Crippen molar-refractivity contribution >= 4 is 17.7 Å². The Kier molecular flexibility index (Phi) is 4.89. The summed E-state index contributed by atoms with van der Waals surface area (Å²) in [5, 5.41) is 10.7. The Bertz CT molecular complexity index is 505. The maximum Gasteiger partial charge on any atom is 0.406 e. The molecule has 0 radical (unpaired) electrons. The minimum atomic E-state index is -4.68. The summed E-state index contributed by atoms with van der Waals surface area (Å²) in [5.41, 5.74) is 0.811. The van der Waals surface area contributed by atoms with E-state index in [9.17, 15) is 22.8 Å². The van der Waals surface area contributed by atoms with Crippen LogP contribution in [-0.4, -0.2) is 46.3 Å². The lowest BCUT2D eigenvalue weighted by Gasteiger charge is -2.22. The zero-order valence-corrected chi connectivity index (χ0v) is 10.4. The van der Waals surface area contributed by atoms with E-state index < -0.39 is 31.3 Å². The van der Waals surface area contributed by atoms with Gasteiger partial charge in [0.25, 0.3) is 0 Å². The Morgan fingerprint density at radius 3 is 2.60 bits per heavy atom. The van der Waals surface area contributed by atoms with E-state index in [1.54, 1.807) is 13.0 Å². The van der Waals surface area contributed by atoms with E-state index in [4.69, 9.17) is 5.11 Å². The second kappa shape index (κ2) is 6.22. The molecule has 0 saturated heterocycles. The fraction of sp³-hybridized carbons (Fsp3) is 0.364. The zero-order chi connectivity index (χ0) is 15.3. The highest BCUT2D eigenvalue weighted by Crippen LogP contribution is 2.18. The number of urea groups is 1. The van der Waals surface area contributed by atoms with Crippen molar-refractivity contribution in [1.29, 1.82) is 0 Å². The molecule has 1 heterocycles. The highest BCUT2D eigenvalue weighted by Gasteiger charge is 2.34. The number of carboxylic acids is 1. The third-order valence-corrected chi connectivity index (χ3v) is 2.26. The predicted octanol–water partition coefficient (Wildman–Crippen LogP) is 1.87. The van der Waals surface area contributed by atoms with E-state index in [1.165, 1.54) is 12.4 Å². The fourth-order valence-corrected chi connectivity index (χ4v) is 1.37. The van der Waals surface area contributed by atoms with Gasteiger partial charge in [-0.3, -0.25) is 9.78 Å². The third kappa shape index (κ3) is 5.12. The van der Waals surface area contributed by atoms with Crippen molar-refractivity contribution in [2.45, 2.75) is 13.1 Å². The number of anilines is 1. The van der Waals surface area contributed by atoms with Crippen LogP contribution in [0, 0.1) is 6.92 Å². The lowest BCUT2D eigenvalue weighted by molar-refractivity contribution is -0.148. The van der Waals surface area contributed by atoms with Crippen LogP contribution in [0.25, 0.3) is 0 Å². The number of pyridine rings is 1. The van der Waals surface area contributed by atoms with E-state index in [0.717, 1.165) is 0 Å². The van der Waals surface area contributed by atoms with Crippen molar-refractivity contribution in [1.82, 2.24) is 9.88 Å². The lowest BCUT2D eigenvalue weighted by atomic mass is 10.2. The van der Waals surface area contributed by atoms with Crippen LogP contribution in [0.2, 0.25) is 0 Å². The molecule has 0 atom stereocenters. The maximum absolute atomic E-state index is 12.3. The molecule has 1 aromatic rings. The second-order valence-electron chi connectivity index (χ2n) is 3.99. The monoisotopic (exact) mass is 291 g/mol. The van der Waals surface area contributed by atoms with Gasteiger partial charge in [-0.05, 0) is 18.6 Å². The standard InChI is InChI=1S/C11H12F3N3O3/c1-7-2-3-15-4-8(7)16-10(20)17(5-9(18)19)6-11(12,13)14/h2-4H,5-6H2,1H3,(H,16,20)(H,18,19). The molecule has 0 aromatic carbocycles. The first-order valence-electron chi connectivity index (χ1n) is 5.44. The number of carboxylic acid groups (broad SMARTS) is 1. The third-order valence-electron chi connectivity index (χ3n) is 2.26. The Balaban J connectivity index is 2.83. The van der Waals surface area contributed by atoms with E-state index in [2.05, 4.69) is 10.3 Å². The van der Waals surface area contributed by atoms with Gasteiger partial charge in [0.05, 0.1) is 11.9 Å². The van der Waals surface area contributed by atoms with Crippen LogP contribution in [0.5, 0.6) is 0 Å². The van der Waals surface area contributed by atoms with Gasteiger partial charge in [-0.1, -0.05) is 0 Å². The average Bonchev–Trinajstić information content (AvgIpc) is 2.28. The molecule has 1 rings (SSSR count). The smallest absolute Gasteiger partial charge is 0.406 e. The summed E-state index contributed by atoms with van der Waals surface area (Å²) in [6.45, 7) is -1.07. The Morgan fingerprint density at radius 2 is 2.10 bits per heavy atom. The van der Waals surface area contributed by atoms with Gasteiger partial charge in [0.2, 0.25) is 0 Å². The summed E-state index contributed by atoms with van der Waals surface area (Å²) < 4.78 is 36.9. The molecule has 1 aromatic heterocycles. The number of aromatic nitrogens is 1. The van der Waals surface area contributed by atoms with Crippen molar-refractivity contribution in [3.63, 3.8) is 0 Å². The van der Waals surface area contributed by atoms with Crippen LogP contribution in [0.15, 0.2) is 18.5 Å². The number of nitrogens with one attached hydrogen (secondary N) is 1. The van der Waals surface area contributed by atoms with Crippen LogP contribution in [0.1, 0.15) is 5.56 Å². The second-order valence-corrected chi connectivity index (χ2v) is 3.99. The van der Waals surface area contributed by atoms with Crippen molar-refractivity contribution in [2.24, 2.45) is 0 Å². The van der Waals surface area contributed by atoms with Crippen molar-refractivity contribution in [3.8, 4) is 0 Å². The summed E-state index contributed by atoms with van der Waals surface area (Å²) in [6.07, 6.45) is -1.97. The summed E-state index contributed by atoms with van der Waals surface area (Å²) in [6, 6.07) is 0.404. The van der Waals surface area contributed by atoms with Gasteiger partial charge in [-0.2, -0.15) is 13.2 Å². The molecule has 6 nitrogen and oxygen atoms in total. The molecule has 0 aliphatic heterocycles. The fourth-order valence-electron chi connectivity index (χ4n) is 1.37. The van der Waals surface area contributed by atoms with Gasteiger partial charge in [0, 0.05) is 6.20 Å². The number of halogens is 3. The highest BCUT2D eigenvalue weighted by atomic mass is 19.4. The van der Waals surface area contributed by atoms with Crippen LogP contribution < -0.4 is 5.32 Å². The van der Waals surface area contributed by atoms with Gasteiger partial charge in [0.1, 0.15) is 13.1 Å². The van der Waals surface area contributed by atoms with Gasteiger partial charge in [-0.15, -0.1) is 0 Å². The van der Waals surface area contributed by atoms with Crippen molar-refractivity contribution in [2.75, 3.05) is 18.4 Å². The number of hydrogen-bond donors (Lipinski definition) is 2. The van der Waals surface area contributed by atoms with Gasteiger partial charge >= 0.3 is 18.2 Å². The Morgan fingerprint density at radius 1 is 1.45 bits per heavy atom. The molecule has 2 N–H and O–H groups in total.